The van der Waals surface area contributed by atoms with Crippen LogP contribution in [0.5, 0.6) is 0 Å². The minimum absolute atomic E-state index is 0. The predicted molar refractivity (Wildman–Crippen MR) is 50.1 cm³/mol. The van der Waals surface area contributed by atoms with Gasteiger partial charge >= 0.3 is 4.96 Å². The van der Waals surface area contributed by atoms with Crippen molar-refractivity contribution in [3.8, 4) is 0 Å². The van der Waals surface area contributed by atoms with Gasteiger partial charge in [0.1, 0.15) is 0 Å². The minimum atomic E-state index is -3.02. The average molecular weight is 332 g/mol. The van der Waals surface area contributed by atoms with Crippen molar-refractivity contribution in [3.63, 3.8) is 0 Å². The van der Waals surface area contributed by atoms with Crippen LogP contribution in [0.2, 0.25) is 0 Å². The van der Waals surface area contributed by atoms with Crippen molar-refractivity contribution in [2.45, 2.75) is 4.96 Å². The summed E-state index contributed by atoms with van der Waals surface area (Å²) in [6, 6.07) is 3.24. The Balaban J connectivity index is 0.00000169. The van der Waals surface area contributed by atoms with Crippen LogP contribution in [-0.2, 0) is 4.96 Å². The van der Waals surface area contributed by atoms with Gasteiger partial charge in [0.15, 0.2) is 12.4 Å². The highest BCUT2D eigenvalue weighted by Crippen LogP contribution is 2.21. The van der Waals surface area contributed by atoms with E-state index in [9.17, 15) is 8.78 Å². The van der Waals surface area contributed by atoms with E-state index in [1.54, 1.807) is 12.1 Å². The molecule has 1 rings (SSSR count). The van der Waals surface area contributed by atoms with Gasteiger partial charge in [0.25, 0.3) is 0 Å². The van der Waals surface area contributed by atoms with E-state index in [4.69, 9.17) is 0 Å². The van der Waals surface area contributed by atoms with Gasteiger partial charge in [0.2, 0.25) is 0 Å². The SMILES string of the molecule is CN(C)c1cc[n+](C(F)(F)Br)cc1.[Br-]. The Morgan fingerprint density at radius 2 is 1.71 bits per heavy atom. The first-order valence-electron chi connectivity index (χ1n) is 3.67. The van der Waals surface area contributed by atoms with Gasteiger partial charge in [-0.1, -0.05) is 0 Å². The summed E-state index contributed by atoms with van der Waals surface area (Å²) in [6.45, 7) is 0. The third-order valence-electron chi connectivity index (χ3n) is 1.62. The molecule has 80 valence electrons. The molecular weight excluding hydrogens is 322 g/mol. The normalized spacial score (nSPS) is 10.6. The number of rotatable bonds is 2. The molecule has 0 spiro atoms. The smallest absolute Gasteiger partial charge is 0.521 e. The molecule has 0 unspecified atom stereocenters. The highest BCUT2D eigenvalue weighted by Gasteiger charge is 2.35. The van der Waals surface area contributed by atoms with Gasteiger partial charge in [-0.15, -0.1) is 13.3 Å². The molecule has 0 amide bonds. The zero-order valence-electron chi connectivity index (χ0n) is 7.72. The lowest BCUT2D eigenvalue weighted by molar-refractivity contribution is -0.788. The van der Waals surface area contributed by atoms with Gasteiger partial charge in [-0.2, -0.15) is 0 Å². The van der Waals surface area contributed by atoms with Crippen molar-refractivity contribution in [3.05, 3.63) is 24.5 Å². The summed E-state index contributed by atoms with van der Waals surface area (Å²) in [5, 5.41) is 0. The highest BCUT2D eigenvalue weighted by molar-refractivity contribution is 9.09. The Hall–Kier alpha value is -0.230. The van der Waals surface area contributed by atoms with Crippen molar-refractivity contribution in [1.82, 2.24) is 0 Å². The van der Waals surface area contributed by atoms with Crippen LogP contribution in [0.3, 0.4) is 0 Å². The molecule has 2 nitrogen and oxygen atoms in total. The van der Waals surface area contributed by atoms with Crippen LogP contribution in [0.1, 0.15) is 0 Å². The van der Waals surface area contributed by atoms with Crippen LogP contribution in [-0.4, -0.2) is 14.1 Å². The Kier molecular flexibility index (Phi) is 4.94. The molecule has 0 N–H and O–H groups in total. The molecule has 0 aliphatic carbocycles. The molecule has 0 aromatic carbocycles. The van der Waals surface area contributed by atoms with E-state index in [1.165, 1.54) is 12.4 Å². The number of alkyl halides is 3. The number of aromatic nitrogens is 1. The lowest BCUT2D eigenvalue weighted by Crippen LogP contribution is -3.00. The van der Waals surface area contributed by atoms with Gasteiger partial charge in [0, 0.05) is 31.9 Å². The molecule has 0 fully saturated rings. The molecule has 0 aliphatic rings. The first-order chi connectivity index (χ1) is 5.91. The van der Waals surface area contributed by atoms with E-state index in [0.29, 0.717) is 0 Å². The van der Waals surface area contributed by atoms with E-state index in [1.807, 2.05) is 19.0 Å². The Morgan fingerprint density at radius 1 is 1.29 bits per heavy atom. The maximum atomic E-state index is 12.7. The Bertz CT molecular complexity index is 282. The molecule has 1 heterocycles. The van der Waals surface area contributed by atoms with E-state index >= 15 is 0 Å². The molecule has 0 saturated carbocycles. The van der Waals surface area contributed by atoms with Crippen molar-refractivity contribution in [2.75, 3.05) is 19.0 Å². The van der Waals surface area contributed by atoms with E-state index in [-0.39, 0.29) is 17.0 Å². The number of halogens is 4. The molecular formula is C8H10Br2F2N2. The monoisotopic (exact) mass is 330 g/mol. The third-order valence-corrected chi connectivity index (χ3v) is 2.03. The summed E-state index contributed by atoms with van der Waals surface area (Å²) >= 11 is 2.26. The third kappa shape index (κ3) is 3.49. The fourth-order valence-electron chi connectivity index (χ4n) is 0.886. The zero-order valence-corrected chi connectivity index (χ0v) is 10.9. The number of anilines is 1. The van der Waals surface area contributed by atoms with E-state index in [2.05, 4.69) is 15.9 Å². The second-order valence-corrected chi connectivity index (χ2v) is 3.78. The van der Waals surface area contributed by atoms with Gasteiger partial charge in [0.05, 0.1) is 15.9 Å². The van der Waals surface area contributed by atoms with Gasteiger partial charge in [-0.25, -0.2) is 0 Å². The summed E-state index contributed by atoms with van der Waals surface area (Å²) in [6.07, 6.45) is 2.65. The molecule has 0 atom stereocenters. The molecule has 0 radical (unpaired) electrons. The fourth-order valence-corrected chi connectivity index (χ4v) is 1.12. The topological polar surface area (TPSA) is 7.12 Å². The Morgan fingerprint density at radius 3 is 2.00 bits per heavy atom. The summed E-state index contributed by atoms with van der Waals surface area (Å²) in [5.41, 5.74) is 0.882. The fraction of sp³-hybridized carbons (Fsp3) is 0.375. The number of pyridine rings is 1. The largest absolute Gasteiger partial charge is 1.00 e. The number of hydrogen-bond donors (Lipinski definition) is 0. The summed E-state index contributed by atoms with van der Waals surface area (Å²) in [5.74, 6) is 0. The predicted octanol–water partition coefficient (Wildman–Crippen LogP) is -1.05. The second-order valence-electron chi connectivity index (χ2n) is 2.83. The van der Waals surface area contributed by atoms with Crippen molar-refractivity contribution >= 4 is 21.6 Å². The van der Waals surface area contributed by atoms with Crippen LogP contribution in [0.25, 0.3) is 0 Å². The lowest BCUT2D eigenvalue weighted by atomic mass is 10.4. The number of nitrogens with zero attached hydrogens (tertiary/aromatic N) is 2. The molecule has 1 aromatic rings. The minimum Gasteiger partial charge on any atom is -1.00 e. The van der Waals surface area contributed by atoms with Crippen LogP contribution in [0, 0.1) is 0 Å². The summed E-state index contributed by atoms with van der Waals surface area (Å²) in [7, 11) is 3.71. The molecule has 1 aromatic heterocycles. The molecule has 6 heteroatoms. The zero-order chi connectivity index (χ0) is 10.1. The van der Waals surface area contributed by atoms with E-state index < -0.39 is 4.96 Å². The van der Waals surface area contributed by atoms with Crippen LogP contribution < -0.4 is 26.4 Å². The molecule has 0 bridgehead atoms. The molecule has 0 aliphatic heterocycles. The lowest BCUT2D eigenvalue weighted by Gasteiger charge is -2.11. The molecule has 0 saturated heterocycles. The highest BCUT2D eigenvalue weighted by atomic mass is 79.9. The van der Waals surface area contributed by atoms with Crippen LogP contribution in [0.4, 0.5) is 14.5 Å². The molecule has 14 heavy (non-hydrogen) atoms. The Labute approximate surface area is 100 Å². The van der Waals surface area contributed by atoms with Crippen molar-refractivity contribution < 1.29 is 30.3 Å². The van der Waals surface area contributed by atoms with Gasteiger partial charge in [-0.05, 0) is 0 Å². The quantitative estimate of drug-likeness (QED) is 0.495. The average Bonchev–Trinajstić information content (AvgIpc) is 2.03. The van der Waals surface area contributed by atoms with Gasteiger partial charge < -0.3 is 21.9 Å². The van der Waals surface area contributed by atoms with Gasteiger partial charge in [-0.3, -0.25) is 0 Å². The maximum Gasteiger partial charge on any atom is 0.521 e. The second kappa shape index (κ2) is 5.02. The van der Waals surface area contributed by atoms with Crippen LogP contribution >= 0.6 is 15.9 Å². The number of hydrogen-bond acceptors (Lipinski definition) is 1. The van der Waals surface area contributed by atoms with E-state index in [0.717, 1.165) is 10.3 Å². The first kappa shape index (κ1) is 13.8. The maximum absolute atomic E-state index is 12.7. The van der Waals surface area contributed by atoms with Crippen molar-refractivity contribution in [1.29, 1.82) is 0 Å². The van der Waals surface area contributed by atoms with Crippen LogP contribution in [0.15, 0.2) is 24.5 Å². The standard InChI is InChI=1S/C8H10BrF2N2.BrH/c1-12(2)7-3-5-13(6-4-7)8(9,10)11;/h3-6H,1-2H3;1H/q+1;/p-1. The van der Waals surface area contributed by atoms with Crippen molar-refractivity contribution in [2.24, 2.45) is 0 Å². The summed E-state index contributed by atoms with van der Waals surface area (Å²) in [4.78, 5) is -1.17. The summed E-state index contributed by atoms with van der Waals surface area (Å²) < 4.78 is 26.1. The first-order valence-corrected chi connectivity index (χ1v) is 4.46.